The number of nitrogens with one attached hydrogen (secondary N) is 1. The van der Waals surface area contributed by atoms with Crippen LogP contribution >= 0.6 is 23.2 Å². The van der Waals surface area contributed by atoms with Crippen LogP contribution in [0, 0.1) is 0 Å². The van der Waals surface area contributed by atoms with Gasteiger partial charge in [0.1, 0.15) is 17.4 Å². The SMILES string of the molecule is O=C(COC(=O)C1c2ccccc2Oc2ccccc21)Nc1ccc(Cl)c(Cl)c1. The number of amides is 1. The summed E-state index contributed by atoms with van der Waals surface area (Å²) in [6.07, 6.45) is 0. The number of ether oxygens (including phenoxy) is 2. The first kappa shape index (κ1) is 19.3. The summed E-state index contributed by atoms with van der Waals surface area (Å²) >= 11 is 11.8. The van der Waals surface area contributed by atoms with Crippen LogP contribution in [0.15, 0.2) is 66.7 Å². The fraction of sp³-hybridized carbons (Fsp3) is 0.0909. The van der Waals surface area contributed by atoms with Crippen molar-refractivity contribution in [2.24, 2.45) is 0 Å². The standard InChI is InChI=1S/C22H15Cl2NO4/c23-16-10-9-13(11-17(16)24)25-20(26)12-28-22(27)21-14-5-1-3-7-18(14)29-19-8-4-2-6-15(19)21/h1-11,21H,12H2,(H,25,26). The van der Waals surface area contributed by atoms with Gasteiger partial charge in [-0.2, -0.15) is 0 Å². The lowest BCUT2D eigenvalue weighted by molar-refractivity contribution is -0.148. The van der Waals surface area contributed by atoms with Crippen LogP contribution in [0.5, 0.6) is 11.5 Å². The fourth-order valence-electron chi connectivity index (χ4n) is 3.15. The van der Waals surface area contributed by atoms with Crippen LogP contribution in [-0.4, -0.2) is 18.5 Å². The number of esters is 1. The van der Waals surface area contributed by atoms with Gasteiger partial charge in [-0.25, -0.2) is 0 Å². The van der Waals surface area contributed by atoms with Crippen molar-refractivity contribution in [1.82, 2.24) is 0 Å². The number of fused-ring (bicyclic) bond motifs is 2. The largest absolute Gasteiger partial charge is 0.457 e. The highest BCUT2D eigenvalue weighted by molar-refractivity contribution is 6.42. The van der Waals surface area contributed by atoms with Crippen LogP contribution < -0.4 is 10.1 Å². The Balaban J connectivity index is 1.48. The van der Waals surface area contributed by atoms with Crippen molar-refractivity contribution in [3.8, 4) is 11.5 Å². The summed E-state index contributed by atoms with van der Waals surface area (Å²) in [5.74, 6) is -0.501. The summed E-state index contributed by atoms with van der Waals surface area (Å²) in [5, 5.41) is 3.32. The molecule has 0 unspecified atom stereocenters. The van der Waals surface area contributed by atoms with Gasteiger partial charge in [0.15, 0.2) is 6.61 Å². The Morgan fingerprint density at radius 1 is 0.897 bits per heavy atom. The molecule has 146 valence electrons. The summed E-state index contributed by atoms with van der Waals surface area (Å²) in [6.45, 7) is -0.430. The Morgan fingerprint density at radius 3 is 2.14 bits per heavy atom. The average molecular weight is 428 g/mol. The Hall–Kier alpha value is -3.02. The molecule has 1 aliphatic rings. The van der Waals surface area contributed by atoms with E-state index in [9.17, 15) is 9.59 Å². The molecule has 0 saturated heterocycles. The third-order valence-electron chi connectivity index (χ3n) is 4.46. The maximum absolute atomic E-state index is 12.9. The van der Waals surface area contributed by atoms with Crippen LogP contribution in [-0.2, 0) is 14.3 Å². The van der Waals surface area contributed by atoms with Crippen molar-refractivity contribution >= 4 is 40.8 Å². The molecule has 5 nitrogen and oxygen atoms in total. The van der Waals surface area contributed by atoms with Crippen LogP contribution in [0.1, 0.15) is 17.0 Å². The first-order chi connectivity index (χ1) is 14.0. The van der Waals surface area contributed by atoms with E-state index >= 15 is 0 Å². The number of rotatable bonds is 4. The van der Waals surface area contributed by atoms with Crippen LogP contribution in [0.4, 0.5) is 5.69 Å². The third kappa shape index (κ3) is 4.06. The number of para-hydroxylation sites is 2. The summed E-state index contributed by atoms with van der Waals surface area (Å²) in [7, 11) is 0. The molecular weight excluding hydrogens is 413 g/mol. The summed E-state index contributed by atoms with van der Waals surface area (Å²) in [4.78, 5) is 25.1. The predicted molar refractivity (Wildman–Crippen MR) is 111 cm³/mol. The topological polar surface area (TPSA) is 64.6 Å². The number of benzene rings is 3. The molecule has 0 spiro atoms. The van der Waals surface area contributed by atoms with E-state index in [1.165, 1.54) is 6.07 Å². The maximum Gasteiger partial charge on any atom is 0.318 e. The van der Waals surface area contributed by atoms with Crippen molar-refractivity contribution in [3.63, 3.8) is 0 Å². The van der Waals surface area contributed by atoms with Gasteiger partial charge in [0, 0.05) is 16.8 Å². The first-order valence-corrected chi connectivity index (χ1v) is 9.56. The Morgan fingerprint density at radius 2 is 1.52 bits per heavy atom. The highest BCUT2D eigenvalue weighted by Crippen LogP contribution is 2.44. The van der Waals surface area contributed by atoms with Gasteiger partial charge in [0.25, 0.3) is 5.91 Å². The van der Waals surface area contributed by atoms with E-state index in [1.54, 1.807) is 24.3 Å². The van der Waals surface area contributed by atoms with Gasteiger partial charge in [0.2, 0.25) is 0 Å². The van der Waals surface area contributed by atoms with Crippen LogP contribution in [0.2, 0.25) is 10.0 Å². The number of anilines is 1. The minimum Gasteiger partial charge on any atom is -0.457 e. The van der Waals surface area contributed by atoms with Crippen LogP contribution in [0.3, 0.4) is 0 Å². The fourth-order valence-corrected chi connectivity index (χ4v) is 3.45. The summed E-state index contributed by atoms with van der Waals surface area (Å²) in [5.41, 5.74) is 1.85. The van der Waals surface area contributed by atoms with E-state index in [0.717, 1.165) is 0 Å². The van der Waals surface area contributed by atoms with E-state index < -0.39 is 24.4 Å². The molecule has 1 N–H and O–H groups in total. The quantitative estimate of drug-likeness (QED) is 0.565. The maximum atomic E-state index is 12.9. The highest BCUT2D eigenvalue weighted by atomic mass is 35.5. The molecule has 1 aliphatic heterocycles. The van der Waals surface area contributed by atoms with Gasteiger partial charge in [-0.15, -0.1) is 0 Å². The van der Waals surface area contributed by atoms with Crippen molar-refractivity contribution in [1.29, 1.82) is 0 Å². The molecule has 0 fully saturated rings. The molecule has 3 aromatic rings. The van der Waals surface area contributed by atoms with Gasteiger partial charge >= 0.3 is 5.97 Å². The van der Waals surface area contributed by atoms with Crippen LogP contribution in [0.25, 0.3) is 0 Å². The Bertz CT molecular complexity index is 1050. The molecule has 0 radical (unpaired) electrons. The predicted octanol–water partition coefficient (Wildman–Crippen LogP) is 5.41. The second kappa shape index (κ2) is 8.15. The molecule has 0 aromatic heterocycles. The van der Waals surface area contributed by atoms with Gasteiger partial charge < -0.3 is 14.8 Å². The van der Waals surface area contributed by atoms with Gasteiger partial charge in [-0.1, -0.05) is 59.6 Å². The minimum absolute atomic E-state index is 0.317. The molecule has 29 heavy (non-hydrogen) atoms. The molecule has 0 atom stereocenters. The molecule has 1 amide bonds. The Kier molecular flexibility index (Phi) is 5.43. The van der Waals surface area contributed by atoms with E-state index in [2.05, 4.69) is 5.32 Å². The molecule has 1 heterocycles. The lowest BCUT2D eigenvalue weighted by atomic mass is 9.88. The zero-order valence-electron chi connectivity index (χ0n) is 15.0. The zero-order chi connectivity index (χ0) is 20.4. The molecule has 4 rings (SSSR count). The van der Waals surface area contributed by atoms with Crippen molar-refractivity contribution in [2.75, 3.05) is 11.9 Å². The molecule has 0 aliphatic carbocycles. The van der Waals surface area contributed by atoms with E-state index in [-0.39, 0.29) is 0 Å². The van der Waals surface area contributed by atoms with Gasteiger partial charge in [-0.3, -0.25) is 9.59 Å². The van der Waals surface area contributed by atoms with Crippen molar-refractivity contribution in [3.05, 3.63) is 87.9 Å². The second-order valence-corrected chi connectivity index (χ2v) is 7.21. The third-order valence-corrected chi connectivity index (χ3v) is 5.20. The molecular formula is C22H15Cl2NO4. The van der Waals surface area contributed by atoms with E-state index in [0.29, 0.717) is 38.4 Å². The smallest absolute Gasteiger partial charge is 0.318 e. The zero-order valence-corrected chi connectivity index (χ0v) is 16.5. The van der Waals surface area contributed by atoms with E-state index in [1.807, 2.05) is 36.4 Å². The number of halogens is 2. The summed E-state index contributed by atoms with van der Waals surface area (Å²) in [6, 6.07) is 19.2. The molecule has 3 aromatic carbocycles. The number of carbonyl (C=O) groups is 2. The van der Waals surface area contributed by atoms with Gasteiger partial charge in [0.05, 0.1) is 10.0 Å². The number of carbonyl (C=O) groups excluding carboxylic acids is 2. The molecule has 0 bridgehead atoms. The summed E-state index contributed by atoms with van der Waals surface area (Å²) < 4.78 is 11.2. The second-order valence-electron chi connectivity index (χ2n) is 6.40. The number of hydrogen-bond donors (Lipinski definition) is 1. The molecule has 7 heteroatoms. The lowest BCUT2D eigenvalue weighted by Crippen LogP contribution is -2.26. The first-order valence-electron chi connectivity index (χ1n) is 8.80. The van der Waals surface area contributed by atoms with E-state index in [4.69, 9.17) is 32.7 Å². The monoisotopic (exact) mass is 427 g/mol. The highest BCUT2D eigenvalue weighted by Gasteiger charge is 2.33. The lowest BCUT2D eigenvalue weighted by Gasteiger charge is -2.26. The number of hydrogen-bond acceptors (Lipinski definition) is 4. The van der Waals surface area contributed by atoms with Crippen molar-refractivity contribution in [2.45, 2.75) is 5.92 Å². The Labute approximate surface area is 177 Å². The normalized spacial score (nSPS) is 12.3. The van der Waals surface area contributed by atoms with Crippen molar-refractivity contribution < 1.29 is 19.1 Å². The molecule has 0 saturated carbocycles. The van der Waals surface area contributed by atoms with Gasteiger partial charge in [-0.05, 0) is 30.3 Å². The minimum atomic E-state index is -0.672. The average Bonchev–Trinajstić information content (AvgIpc) is 2.73.